The molecule has 0 aliphatic rings. The lowest BCUT2D eigenvalue weighted by Gasteiger charge is -2.16. The van der Waals surface area contributed by atoms with Gasteiger partial charge in [0.1, 0.15) is 12.7 Å². The number of hydrogen-bond donors (Lipinski definition) is 1. The van der Waals surface area contributed by atoms with E-state index in [0.29, 0.717) is 16.4 Å². The van der Waals surface area contributed by atoms with Crippen molar-refractivity contribution in [3.63, 3.8) is 0 Å². The molecule has 3 rings (SSSR count). The van der Waals surface area contributed by atoms with Gasteiger partial charge in [0, 0.05) is 17.5 Å². The second kappa shape index (κ2) is 8.99. The van der Waals surface area contributed by atoms with Gasteiger partial charge in [-0.05, 0) is 29.8 Å². The molecule has 0 fully saturated rings. The molecule has 0 spiro atoms. The zero-order valence-corrected chi connectivity index (χ0v) is 17.0. The van der Waals surface area contributed by atoms with Gasteiger partial charge in [-0.3, -0.25) is 4.79 Å². The number of halogens is 1. The van der Waals surface area contributed by atoms with E-state index < -0.39 is 15.9 Å². The number of amides is 1. The minimum Gasteiger partial charge on any atom is -0.323 e. The molecule has 0 saturated heterocycles. The van der Waals surface area contributed by atoms with Crippen molar-refractivity contribution < 1.29 is 13.2 Å². The first-order chi connectivity index (χ1) is 13.8. The smallest absolute Gasteiger partial charge is 0.239 e. The molecule has 3 aromatic rings. The molecule has 0 aliphatic carbocycles. The number of hydrogen-bond acceptors (Lipinski definition) is 5. The molecular formula is C19H18ClN5O3S. The largest absolute Gasteiger partial charge is 0.323 e. The molecule has 0 atom stereocenters. The highest BCUT2D eigenvalue weighted by atomic mass is 35.5. The summed E-state index contributed by atoms with van der Waals surface area (Å²) in [5, 5.41) is 8.19. The third-order valence-electron chi connectivity index (χ3n) is 3.93. The van der Waals surface area contributed by atoms with E-state index in [0.717, 1.165) is 15.3 Å². The van der Waals surface area contributed by atoms with Gasteiger partial charge in [0.05, 0.1) is 17.9 Å². The fourth-order valence-electron chi connectivity index (χ4n) is 2.46. The number of aromatic nitrogens is 3. The molecule has 0 bridgehead atoms. The van der Waals surface area contributed by atoms with Gasteiger partial charge in [0.25, 0.3) is 0 Å². The van der Waals surface area contributed by atoms with E-state index in [9.17, 15) is 13.2 Å². The Hall–Kier alpha value is -3.01. The second-order valence-corrected chi connectivity index (χ2v) is 8.43. The average molecular weight is 432 g/mol. The Kier molecular flexibility index (Phi) is 6.42. The van der Waals surface area contributed by atoms with Crippen LogP contribution in [0, 0.1) is 0 Å². The van der Waals surface area contributed by atoms with Crippen molar-refractivity contribution in [2.75, 3.05) is 18.9 Å². The maximum absolute atomic E-state index is 12.4. The monoisotopic (exact) mass is 431 g/mol. The Morgan fingerprint density at radius 1 is 1.24 bits per heavy atom. The van der Waals surface area contributed by atoms with Crippen LogP contribution in [-0.2, 0) is 14.8 Å². The molecule has 150 valence electrons. The number of rotatable bonds is 7. The quantitative estimate of drug-likeness (QED) is 0.620. The van der Waals surface area contributed by atoms with E-state index in [-0.39, 0.29) is 6.54 Å². The van der Waals surface area contributed by atoms with Gasteiger partial charge in [-0.2, -0.15) is 9.40 Å². The van der Waals surface area contributed by atoms with Crippen LogP contribution < -0.4 is 5.32 Å². The topological polar surface area (TPSA) is 97.2 Å². The van der Waals surface area contributed by atoms with E-state index in [1.165, 1.54) is 30.5 Å². The molecule has 8 nitrogen and oxygen atoms in total. The fraction of sp³-hybridized carbons (Fsp3) is 0.105. The first kappa shape index (κ1) is 20.7. The molecule has 0 radical (unpaired) electrons. The summed E-state index contributed by atoms with van der Waals surface area (Å²) in [5.74, 6) is -0.521. The number of sulfonamides is 1. The van der Waals surface area contributed by atoms with E-state index in [1.54, 1.807) is 42.5 Å². The predicted octanol–water partition coefficient (Wildman–Crippen LogP) is 2.79. The lowest BCUT2D eigenvalue weighted by atomic mass is 10.2. The van der Waals surface area contributed by atoms with E-state index in [1.807, 2.05) is 6.07 Å². The average Bonchev–Trinajstić information content (AvgIpc) is 3.22. The van der Waals surface area contributed by atoms with Crippen LogP contribution in [0.1, 0.15) is 5.56 Å². The van der Waals surface area contributed by atoms with E-state index in [4.69, 9.17) is 11.6 Å². The van der Waals surface area contributed by atoms with Crippen molar-refractivity contribution in [1.82, 2.24) is 19.1 Å². The van der Waals surface area contributed by atoms with Gasteiger partial charge in [0.15, 0.2) is 0 Å². The lowest BCUT2D eigenvalue weighted by Crippen LogP contribution is -2.34. The maximum Gasteiger partial charge on any atom is 0.239 e. The highest BCUT2D eigenvalue weighted by Gasteiger charge is 2.19. The van der Waals surface area contributed by atoms with Gasteiger partial charge >= 0.3 is 0 Å². The summed E-state index contributed by atoms with van der Waals surface area (Å²) < 4.78 is 27.3. The van der Waals surface area contributed by atoms with Crippen LogP contribution in [0.25, 0.3) is 11.8 Å². The first-order valence-electron chi connectivity index (χ1n) is 8.49. The maximum atomic E-state index is 12.4. The number of carbonyl (C=O) groups is 1. The van der Waals surface area contributed by atoms with Gasteiger partial charge in [-0.1, -0.05) is 41.9 Å². The molecule has 2 aromatic carbocycles. The molecular weight excluding hydrogens is 414 g/mol. The summed E-state index contributed by atoms with van der Waals surface area (Å²) in [6, 6.07) is 13.9. The van der Waals surface area contributed by atoms with Crippen LogP contribution in [0.5, 0.6) is 0 Å². The molecule has 1 amide bonds. The summed E-state index contributed by atoms with van der Waals surface area (Å²) in [7, 11) is -2.44. The van der Waals surface area contributed by atoms with Crippen molar-refractivity contribution in [3.05, 3.63) is 77.2 Å². The number of nitrogens with zero attached hydrogens (tertiary/aromatic N) is 4. The molecule has 1 heterocycles. The van der Waals surface area contributed by atoms with E-state index in [2.05, 4.69) is 15.4 Å². The van der Waals surface area contributed by atoms with Crippen molar-refractivity contribution in [1.29, 1.82) is 0 Å². The first-order valence-corrected chi connectivity index (χ1v) is 10.4. The van der Waals surface area contributed by atoms with Crippen molar-refractivity contribution in [2.24, 2.45) is 0 Å². The third-order valence-corrected chi connectivity index (χ3v) is 5.64. The Balaban J connectivity index is 1.71. The molecule has 10 heteroatoms. The van der Waals surface area contributed by atoms with Crippen LogP contribution >= 0.6 is 11.6 Å². The highest BCUT2D eigenvalue weighted by molar-refractivity contribution is 7.92. The zero-order valence-electron chi connectivity index (χ0n) is 15.4. The normalized spacial score (nSPS) is 11.8. The van der Waals surface area contributed by atoms with Crippen LogP contribution in [0.4, 0.5) is 5.69 Å². The Bertz CT molecular complexity index is 1120. The Morgan fingerprint density at radius 2 is 2.00 bits per heavy atom. The molecule has 0 aliphatic heterocycles. The molecule has 1 N–H and O–H groups in total. The van der Waals surface area contributed by atoms with Crippen LogP contribution in [0.3, 0.4) is 0 Å². The van der Waals surface area contributed by atoms with Crippen molar-refractivity contribution >= 4 is 39.3 Å². The van der Waals surface area contributed by atoms with Crippen LogP contribution in [-0.4, -0.2) is 47.0 Å². The van der Waals surface area contributed by atoms with Gasteiger partial charge in [-0.15, -0.1) is 0 Å². The zero-order chi connectivity index (χ0) is 20.9. The van der Waals surface area contributed by atoms with Crippen molar-refractivity contribution in [3.8, 4) is 5.69 Å². The van der Waals surface area contributed by atoms with Gasteiger partial charge < -0.3 is 5.32 Å². The highest BCUT2D eigenvalue weighted by Crippen LogP contribution is 2.24. The number of nitrogens with one attached hydrogen (secondary N) is 1. The minimum absolute atomic E-state index is 0.370. The Morgan fingerprint density at radius 3 is 2.69 bits per heavy atom. The van der Waals surface area contributed by atoms with E-state index >= 15 is 0 Å². The number of anilines is 1. The lowest BCUT2D eigenvalue weighted by molar-refractivity contribution is -0.116. The van der Waals surface area contributed by atoms with Gasteiger partial charge in [0.2, 0.25) is 15.9 Å². The summed E-state index contributed by atoms with van der Waals surface area (Å²) in [5.41, 5.74) is 1.68. The molecule has 29 heavy (non-hydrogen) atoms. The minimum atomic E-state index is -3.77. The predicted molar refractivity (Wildman–Crippen MR) is 112 cm³/mol. The summed E-state index contributed by atoms with van der Waals surface area (Å²) >= 11 is 6.03. The second-order valence-electron chi connectivity index (χ2n) is 6.06. The summed E-state index contributed by atoms with van der Waals surface area (Å²) in [6.07, 6.45) is 4.31. The fourth-order valence-corrected chi connectivity index (χ4v) is 3.46. The SMILES string of the molecule is CN(CC(=O)Nc1cc(Cl)ccc1-n1cncn1)S(=O)(=O)C=Cc1ccccc1. The number of benzene rings is 2. The molecule has 0 saturated carbocycles. The van der Waals surface area contributed by atoms with Crippen LogP contribution in [0.2, 0.25) is 5.02 Å². The number of carbonyl (C=O) groups excluding carboxylic acids is 1. The third kappa shape index (κ3) is 5.50. The van der Waals surface area contributed by atoms with Crippen LogP contribution in [0.15, 0.2) is 66.6 Å². The molecule has 1 aromatic heterocycles. The number of likely N-dealkylation sites (N-methyl/N-ethyl adjacent to an activating group) is 1. The summed E-state index contributed by atoms with van der Waals surface area (Å²) in [6.45, 7) is -0.370. The molecule has 0 unspecified atom stereocenters. The van der Waals surface area contributed by atoms with Crippen molar-refractivity contribution in [2.45, 2.75) is 0 Å². The summed E-state index contributed by atoms with van der Waals surface area (Å²) in [4.78, 5) is 16.3. The standard InChI is InChI=1S/C19H18ClN5O3S/c1-24(29(27,28)10-9-15-5-3-2-4-6-15)12-19(26)23-17-11-16(20)7-8-18(17)25-14-21-13-22-25/h2-11,13-14H,12H2,1H3,(H,23,26). The van der Waals surface area contributed by atoms with Gasteiger partial charge in [-0.25, -0.2) is 18.1 Å². The Labute approximate surface area is 173 Å².